The number of amides is 3. The molecule has 1 saturated heterocycles. The molecule has 3 N–H and O–H groups in total. The second kappa shape index (κ2) is 10.4. The fourth-order valence-electron chi connectivity index (χ4n) is 2.09. The zero-order chi connectivity index (χ0) is 16.7. The van der Waals surface area contributed by atoms with Crippen LogP contribution in [-0.4, -0.2) is 60.5 Å². The molecular formula is C14H23IN6O2S. The van der Waals surface area contributed by atoms with Gasteiger partial charge in [-0.2, -0.15) is 0 Å². The highest BCUT2D eigenvalue weighted by molar-refractivity contribution is 14.0. The molecule has 10 heteroatoms. The number of imide groups is 1. The minimum absolute atomic E-state index is 0. The summed E-state index contributed by atoms with van der Waals surface area (Å²) in [6.45, 7) is 6.25. The third-order valence-electron chi connectivity index (χ3n) is 3.17. The number of hydrogen-bond acceptors (Lipinski definition) is 5. The van der Waals surface area contributed by atoms with Crippen molar-refractivity contribution in [3.05, 3.63) is 16.1 Å². The molecular weight excluding hydrogens is 443 g/mol. The van der Waals surface area contributed by atoms with Crippen molar-refractivity contribution in [1.82, 2.24) is 25.8 Å². The molecule has 0 spiro atoms. The minimum atomic E-state index is -0.335. The number of rotatable bonds is 7. The van der Waals surface area contributed by atoms with Crippen LogP contribution in [0.2, 0.25) is 0 Å². The number of halogens is 1. The van der Waals surface area contributed by atoms with E-state index < -0.39 is 0 Å². The van der Waals surface area contributed by atoms with E-state index in [1.54, 1.807) is 11.3 Å². The average molecular weight is 466 g/mol. The second-order valence-electron chi connectivity index (χ2n) is 5.01. The SMILES string of the molecule is CCNC(=NCCc1ncc(C)s1)NCCN1C(=O)CNC1=O.I. The number of thiazole rings is 1. The number of aryl methyl sites for hydroxylation is 1. The molecule has 0 aromatic carbocycles. The van der Waals surface area contributed by atoms with Gasteiger partial charge in [0.2, 0.25) is 5.91 Å². The van der Waals surface area contributed by atoms with Crippen molar-refractivity contribution in [2.75, 3.05) is 32.7 Å². The molecule has 0 radical (unpaired) electrons. The number of nitrogens with zero attached hydrogens (tertiary/aromatic N) is 3. The molecule has 2 heterocycles. The molecule has 0 saturated carbocycles. The first kappa shape index (κ1) is 20.6. The Labute approximate surface area is 162 Å². The lowest BCUT2D eigenvalue weighted by atomic mass is 10.4. The van der Waals surface area contributed by atoms with Gasteiger partial charge in [-0.25, -0.2) is 9.78 Å². The highest BCUT2D eigenvalue weighted by Crippen LogP contribution is 2.11. The Hall–Kier alpha value is -1.43. The van der Waals surface area contributed by atoms with Crippen molar-refractivity contribution in [3.63, 3.8) is 0 Å². The average Bonchev–Trinajstić information content (AvgIpc) is 3.07. The van der Waals surface area contributed by atoms with Crippen LogP contribution in [0.15, 0.2) is 11.2 Å². The van der Waals surface area contributed by atoms with E-state index in [1.807, 2.05) is 20.0 Å². The first-order valence-corrected chi connectivity index (χ1v) is 8.43. The maximum absolute atomic E-state index is 11.5. The molecule has 0 unspecified atom stereocenters. The first-order valence-electron chi connectivity index (χ1n) is 7.62. The van der Waals surface area contributed by atoms with Crippen LogP contribution < -0.4 is 16.0 Å². The Balaban J connectivity index is 0.00000288. The summed E-state index contributed by atoms with van der Waals surface area (Å²) in [4.78, 5) is 34.1. The Morgan fingerprint density at radius 2 is 2.25 bits per heavy atom. The summed E-state index contributed by atoms with van der Waals surface area (Å²) in [7, 11) is 0. The van der Waals surface area contributed by atoms with Gasteiger partial charge in [-0.1, -0.05) is 0 Å². The van der Waals surface area contributed by atoms with Crippen LogP contribution in [-0.2, 0) is 11.2 Å². The Morgan fingerprint density at radius 3 is 2.83 bits per heavy atom. The Kier molecular flexibility index (Phi) is 8.97. The highest BCUT2D eigenvalue weighted by atomic mass is 127. The predicted octanol–water partition coefficient (Wildman–Crippen LogP) is 0.719. The summed E-state index contributed by atoms with van der Waals surface area (Å²) in [5.41, 5.74) is 0. The maximum atomic E-state index is 11.5. The van der Waals surface area contributed by atoms with E-state index in [2.05, 4.69) is 25.9 Å². The lowest BCUT2D eigenvalue weighted by molar-refractivity contribution is -0.124. The van der Waals surface area contributed by atoms with Gasteiger partial charge in [0, 0.05) is 43.7 Å². The number of urea groups is 1. The van der Waals surface area contributed by atoms with Crippen molar-refractivity contribution < 1.29 is 9.59 Å². The molecule has 0 aliphatic carbocycles. The van der Waals surface area contributed by atoms with Gasteiger partial charge in [0.15, 0.2) is 5.96 Å². The smallest absolute Gasteiger partial charge is 0.324 e. The van der Waals surface area contributed by atoms with Crippen molar-refractivity contribution in [2.24, 2.45) is 4.99 Å². The summed E-state index contributed by atoms with van der Waals surface area (Å²) >= 11 is 1.68. The van der Waals surface area contributed by atoms with Crippen molar-refractivity contribution in [1.29, 1.82) is 0 Å². The number of hydrogen-bond donors (Lipinski definition) is 3. The number of nitrogens with one attached hydrogen (secondary N) is 3. The van der Waals surface area contributed by atoms with E-state index in [0.717, 1.165) is 18.0 Å². The van der Waals surface area contributed by atoms with Crippen LogP contribution in [0.4, 0.5) is 4.79 Å². The van der Waals surface area contributed by atoms with Crippen molar-refractivity contribution in [2.45, 2.75) is 20.3 Å². The fourth-order valence-corrected chi connectivity index (χ4v) is 2.87. The number of carbonyl (C=O) groups is 2. The monoisotopic (exact) mass is 466 g/mol. The third kappa shape index (κ3) is 6.23. The van der Waals surface area contributed by atoms with Crippen molar-refractivity contribution in [3.8, 4) is 0 Å². The Bertz CT molecular complexity index is 576. The topological polar surface area (TPSA) is 98.7 Å². The van der Waals surface area contributed by atoms with Gasteiger partial charge in [-0.05, 0) is 13.8 Å². The van der Waals surface area contributed by atoms with Gasteiger partial charge in [0.25, 0.3) is 0 Å². The number of aromatic nitrogens is 1. The van der Waals surface area contributed by atoms with E-state index in [9.17, 15) is 9.59 Å². The lowest BCUT2D eigenvalue weighted by Crippen LogP contribution is -2.43. The lowest BCUT2D eigenvalue weighted by Gasteiger charge is -2.15. The Morgan fingerprint density at radius 1 is 1.46 bits per heavy atom. The quantitative estimate of drug-likeness (QED) is 0.238. The highest BCUT2D eigenvalue weighted by Gasteiger charge is 2.27. The molecule has 3 amide bonds. The van der Waals surface area contributed by atoms with Crippen molar-refractivity contribution >= 4 is 53.2 Å². The molecule has 2 rings (SSSR count). The van der Waals surface area contributed by atoms with E-state index in [1.165, 1.54) is 9.78 Å². The normalized spacial score (nSPS) is 14.4. The maximum Gasteiger partial charge on any atom is 0.324 e. The zero-order valence-corrected chi connectivity index (χ0v) is 16.9. The predicted molar refractivity (Wildman–Crippen MR) is 105 cm³/mol. The minimum Gasteiger partial charge on any atom is -0.357 e. The molecule has 1 fully saturated rings. The number of aliphatic imine (C=N–C) groups is 1. The van der Waals surface area contributed by atoms with Crippen LogP contribution >= 0.6 is 35.3 Å². The molecule has 134 valence electrons. The fraction of sp³-hybridized carbons (Fsp3) is 0.571. The summed E-state index contributed by atoms with van der Waals surface area (Å²) in [6.07, 6.45) is 2.66. The molecule has 8 nitrogen and oxygen atoms in total. The van der Waals surface area contributed by atoms with Gasteiger partial charge in [-0.15, -0.1) is 35.3 Å². The van der Waals surface area contributed by atoms with E-state index in [0.29, 0.717) is 25.6 Å². The molecule has 1 aliphatic rings. The standard InChI is InChI=1S/C14H22N6O2S.HI/c1-3-15-13(16-5-4-11-18-8-10(2)23-11)17-6-7-20-12(21)9-19-14(20)22;/h8H,3-7,9H2,1-2H3,(H,19,22)(H2,15,16,17);1H. The largest absolute Gasteiger partial charge is 0.357 e. The van der Waals surface area contributed by atoms with Crippen LogP contribution in [0.3, 0.4) is 0 Å². The first-order chi connectivity index (χ1) is 11.1. The zero-order valence-electron chi connectivity index (χ0n) is 13.8. The van der Waals surface area contributed by atoms with Crippen LogP contribution in [0.1, 0.15) is 16.8 Å². The summed E-state index contributed by atoms with van der Waals surface area (Å²) < 4.78 is 0. The summed E-state index contributed by atoms with van der Waals surface area (Å²) in [6, 6.07) is -0.335. The molecule has 24 heavy (non-hydrogen) atoms. The van der Waals surface area contributed by atoms with E-state index in [-0.39, 0.29) is 42.5 Å². The second-order valence-corrected chi connectivity index (χ2v) is 6.33. The van der Waals surface area contributed by atoms with Crippen LogP contribution in [0, 0.1) is 6.92 Å². The molecule has 0 atom stereocenters. The van der Waals surface area contributed by atoms with Gasteiger partial charge in [0.1, 0.15) is 0 Å². The van der Waals surface area contributed by atoms with E-state index in [4.69, 9.17) is 0 Å². The molecule has 1 aromatic heterocycles. The molecule has 1 aromatic rings. The van der Waals surface area contributed by atoms with Crippen LogP contribution in [0.5, 0.6) is 0 Å². The number of carbonyl (C=O) groups excluding carboxylic acids is 2. The van der Waals surface area contributed by atoms with Gasteiger partial charge >= 0.3 is 6.03 Å². The van der Waals surface area contributed by atoms with Gasteiger partial charge < -0.3 is 16.0 Å². The third-order valence-corrected chi connectivity index (χ3v) is 4.15. The van der Waals surface area contributed by atoms with Gasteiger partial charge in [-0.3, -0.25) is 14.7 Å². The molecule has 1 aliphatic heterocycles. The van der Waals surface area contributed by atoms with E-state index >= 15 is 0 Å². The molecule has 0 bridgehead atoms. The summed E-state index contributed by atoms with van der Waals surface area (Å²) in [5, 5.41) is 9.83. The number of guanidine groups is 1. The van der Waals surface area contributed by atoms with Crippen LogP contribution in [0.25, 0.3) is 0 Å². The summed E-state index contributed by atoms with van der Waals surface area (Å²) in [5.74, 6) is 0.478. The van der Waals surface area contributed by atoms with Gasteiger partial charge in [0.05, 0.1) is 11.6 Å².